The first-order valence-electron chi connectivity index (χ1n) is 12.3. The number of halogens is 5. The van der Waals surface area contributed by atoms with Crippen LogP contribution in [0.3, 0.4) is 0 Å². The molecule has 2 N–H and O–H groups in total. The van der Waals surface area contributed by atoms with E-state index >= 15 is 0 Å². The Kier molecular flexibility index (Phi) is 6.90. The number of hydrogen-bond donors (Lipinski definition) is 2. The molecule has 0 aromatic heterocycles. The number of amides is 2. The van der Waals surface area contributed by atoms with Crippen molar-refractivity contribution < 1.29 is 45.1 Å². The maximum atomic E-state index is 14.8. The van der Waals surface area contributed by atoms with Crippen molar-refractivity contribution in [1.82, 2.24) is 10.2 Å². The highest BCUT2D eigenvalue weighted by molar-refractivity contribution is 7.90. The maximum Gasteiger partial charge on any atom is 0.419 e. The zero-order valence-corrected chi connectivity index (χ0v) is 21.7. The van der Waals surface area contributed by atoms with Gasteiger partial charge in [-0.2, -0.15) is 13.2 Å². The summed E-state index contributed by atoms with van der Waals surface area (Å²) in [4.78, 5) is 28.2. The first-order valence-corrected chi connectivity index (χ1v) is 14.2. The van der Waals surface area contributed by atoms with E-state index in [9.17, 15) is 45.1 Å². The number of nitrogens with one attached hydrogen (secondary N) is 1. The number of benzene rings is 2. The smallest absolute Gasteiger partial charge is 0.392 e. The van der Waals surface area contributed by atoms with Crippen LogP contribution >= 0.6 is 0 Å². The van der Waals surface area contributed by atoms with Crippen LogP contribution in [-0.4, -0.2) is 48.6 Å². The maximum absolute atomic E-state index is 14.8. The fraction of sp³-hybridized carbons (Fsp3) is 0.407. The zero-order chi connectivity index (χ0) is 29.1. The topological polar surface area (TPSA) is 104 Å². The molecule has 1 saturated carbocycles. The largest absolute Gasteiger partial charge is 0.419 e. The van der Waals surface area contributed by atoms with Crippen molar-refractivity contribution in [1.29, 1.82) is 0 Å². The van der Waals surface area contributed by atoms with E-state index in [4.69, 9.17) is 0 Å². The third-order valence-corrected chi connectivity index (χ3v) is 8.59. The summed E-state index contributed by atoms with van der Waals surface area (Å²) in [7, 11) is -3.71. The van der Waals surface area contributed by atoms with Crippen molar-refractivity contribution in [3.05, 3.63) is 64.2 Å². The molecule has 40 heavy (non-hydrogen) atoms. The van der Waals surface area contributed by atoms with Gasteiger partial charge in [0.05, 0.1) is 29.0 Å². The lowest BCUT2D eigenvalue weighted by molar-refractivity contribution is -0.140. The van der Waals surface area contributed by atoms with E-state index in [1.54, 1.807) is 0 Å². The van der Waals surface area contributed by atoms with Crippen LogP contribution in [0.15, 0.2) is 35.2 Å². The molecular weight excluding hydrogens is 559 g/mol. The lowest BCUT2D eigenvalue weighted by atomic mass is 9.92. The van der Waals surface area contributed by atoms with Crippen LogP contribution in [-0.2, 0) is 27.4 Å². The lowest BCUT2D eigenvalue weighted by Gasteiger charge is -2.31. The van der Waals surface area contributed by atoms with Gasteiger partial charge in [-0.05, 0) is 55.0 Å². The van der Waals surface area contributed by atoms with E-state index in [1.165, 1.54) is 17.0 Å². The van der Waals surface area contributed by atoms with Gasteiger partial charge >= 0.3 is 6.18 Å². The van der Waals surface area contributed by atoms with Crippen molar-refractivity contribution in [2.75, 3.05) is 6.26 Å². The second-order valence-electron chi connectivity index (χ2n) is 10.2. The molecule has 1 aliphatic heterocycles. The number of fused-ring (bicyclic) bond motifs is 1. The van der Waals surface area contributed by atoms with Crippen LogP contribution in [0.25, 0.3) is 0 Å². The molecule has 2 aromatic rings. The van der Waals surface area contributed by atoms with Gasteiger partial charge in [-0.1, -0.05) is 17.9 Å². The van der Waals surface area contributed by atoms with Crippen LogP contribution < -0.4 is 5.32 Å². The minimum atomic E-state index is -5.10. The van der Waals surface area contributed by atoms with Gasteiger partial charge in [0.1, 0.15) is 23.7 Å². The molecule has 7 nitrogen and oxygen atoms in total. The molecule has 2 aliphatic carbocycles. The molecular formula is C27H23F5N2O5S. The molecule has 1 heterocycles. The van der Waals surface area contributed by atoms with Gasteiger partial charge in [-0.3, -0.25) is 9.59 Å². The Morgan fingerprint density at radius 3 is 2.38 bits per heavy atom. The number of likely N-dealkylation sites (tertiary alicyclic amines) is 1. The highest BCUT2D eigenvalue weighted by Gasteiger charge is 2.50. The highest BCUT2D eigenvalue weighted by Crippen LogP contribution is 2.44. The number of hydrogen-bond acceptors (Lipinski definition) is 5. The Morgan fingerprint density at radius 2 is 1.82 bits per heavy atom. The fourth-order valence-electron chi connectivity index (χ4n) is 5.18. The van der Waals surface area contributed by atoms with Crippen molar-refractivity contribution in [3.63, 3.8) is 0 Å². The van der Waals surface area contributed by atoms with E-state index < -0.39 is 75.3 Å². The number of nitrogens with zero attached hydrogens (tertiary/aromatic N) is 1. The lowest BCUT2D eigenvalue weighted by Crippen LogP contribution is -2.50. The summed E-state index contributed by atoms with van der Waals surface area (Å²) in [6, 6.07) is 1.21. The Balaban J connectivity index is 1.46. The summed E-state index contributed by atoms with van der Waals surface area (Å²) < 4.78 is 92.5. The molecule has 0 radical (unpaired) electrons. The van der Waals surface area contributed by atoms with Gasteiger partial charge < -0.3 is 15.3 Å². The first kappa shape index (κ1) is 28.0. The van der Waals surface area contributed by atoms with Gasteiger partial charge in [0.2, 0.25) is 5.91 Å². The van der Waals surface area contributed by atoms with Crippen molar-refractivity contribution in [3.8, 4) is 11.8 Å². The Morgan fingerprint density at radius 1 is 1.12 bits per heavy atom. The molecule has 0 spiro atoms. The monoisotopic (exact) mass is 582 g/mol. The molecule has 0 unspecified atom stereocenters. The van der Waals surface area contributed by atoms with E-state index in [0.29, 0.717) is 18.9 Å². The molecule has 2 amide bonds. The number of sulfone groups is 1. The normalized spacial score (nSPS) is 22.6. The molecule has 2 fully saturated rings. The molecule has 3 aliphatic rings. The van der Waals surface area contributed by atoms with Crippen molar-refractivity contribution in [2.45, 2.75) is 55.1 Å². The van der Waals surface area contributed by atoms with Crippen LogP contribution in [0.5, 0.6) is 0 Å². The second-order valence-corrected chi connectivity index (χ2v) is 12.2. The standard InChI is InChI=1S/C27H23F5N2O5S/c1-40(38,39)16-6-4-15(12-35)17(9-16)26(37)34-22-7-5-14(22)8-23(34)25(36)33-24(13-2-3-13)18-10-21(29)19(11-20(18)28)27(30,31)32/h4,6,9-11,13-14,22-24,35H,2-3,8,12H2,1H3,(H,33,36)/t14-,22-,23-,24-/m1/s1. The number of carbonyl (C=O) groups is 2. The van der Waals surface area contributed by atoms with E-state index in [2.05, 4.69) is 17.2 Å². The second kappa shape index (κ2) is 9.85. The predicted octanol–water partition coefficient (Wildman–Crippen LogP) is 3.36. The Bertz CT molecular complexity index is 1580. The number of aliphatic hydroxyl groups excluding tert-OH is 1. The average Bonchev–Trinajstić information content (AvgIpc) is 3.66. The van der Waals surface area contributed by atoms with Crippen molar-refractivity contribution >= 4 is 21.7 Å². The van der Waals surface area contributed by atoms with E-state index in [-0.39, 0.29) is 40.3 Å². The van der Waals surface area contributed by atoms with Crippen LogP contribution in [0, 0.1) is 35.3 Å². The summed E-state index contributed by atoms with van der Waals surface area (Å²) >= 11 is 0. The summed E-state index contributed by atoms with van der Waals surface area (Å²) in [5.74, 6) is 0.484. The molecule has 5 rings (SSSR count). The minimum absolute atomic E-state index is 0.0663. The number of aliphatic hydroxyl groups is 1. The first-order chi connectivity index (χ1) is 18.7. The van der Waals surface area contributed by atoms with Crippen molar-refractivity contribution in [2.24, 2.45) is 11.8 Å². The molecule has 0 bridgehead atoms. The fourth-order valence-corrected chi connectivity index (χ4v) is 5.83. The minimum Gasteiger partial charge on any atom is -0.392 e. The molecule has 1 saturated heterocycles. The van der Waals surface area contributed by atoms with Gasteiger partial charge in [-0.15, -0.1) is 0 Å². The summed E-state index contributed by atoms with van der Waals surface area (Å²) in [6.07, 6.45) is -3.00. The third kappa shape index (κ3) is 5.06. The van der Waals surface area contributed by atoms with Gasteiger partial charge in [-0.25, -0.2) is 17.2 Å². The summed E-state index contributed by atoms with van der Waals surface area (Å²) in [5.41, 5.74) is -2.19. The molecule has 13 heteroatoms. The Labute approximate surface area is 226 Å². The third-order valence-electron chi connectivity index (χ3n) is 7.48. The van der Waals surface area contributed by atoms with Gasteiger partial charge in [0.15, 0.2) is 9.84 Å². The number of alkyl halides is 3. The number of rotatable bonds is 7. The molecule has 4 atom stereocenters. The highest BCUT2D eigenvalue weighted by atomic mass is 32.2. The summed E-state index contributed by atoms with van der Waals surface area (Å²) in [6.45, 7) is -0.585. The average molecular weight is 583 g/mol. The van der Waals surface area contributed by atoms with Gasteiger partial charge in [0, 0.05) is 17.4 Å². The van der Waals surface area contributed by atoms with Gasteiger partial charge in [0.25, 0.3) is 5.91 Å². The van der Waals surface area contributed by atoms with Crippen LogP contribution in [0.2, 0.25) is 0 Å². The summed E-state index contributed by atoms with van der Waals surface area (Å²) in [5, 5.41) is 12.4. The predicted molar refractivity (Wildman–Crippen MR) is 130 cm³/mol. The quantitative estimate of drug-likeness (QED) is 0.385. The zero-order valence-electron chi connectivity index (χ0n) is 20.9. The molecule has 2 aromatic carbocycles. The van der Waals surface area contributed by atoms with Crippen LogP contribution in [0.1, 0.15) is 52.4 Å². The number of carbonyl (C=O) groups excluding carboxylic acids is 2. The Hall–Kier alpha value is -3.50. The van der Waals surface area contributed by atoms with E-state index in [1.807, 2.05) is 0 Å². The van der Waals surface area contributed by atoms with Crippen LogP contribution in [0.4, 0.5) is 22.0 Å². The van der Waals surface area contributed by atoms with E-state index in [0.717, 1.165) is 12.3 Å². The SMILES string of the molecule is CS(=O)(=O)c1ccc(CO)c(C(=O)N2[C@@H](C(=O)N[C@@H](c3cc(F)c(C(F)(F)F)cc3F)C3CC3)C[C@H]3C#C[C@H]32)c1. The molecule has 212 valence electrons.